The topological polar surface area (TPSA) is 55.4 Å². The Morgan fingerprint density at radius 2 is 0.942 bits per heavy atom. The molecule has 0 aromatic heterocycles. The summed E-state index contributed by atoms with van der Waals surface area (Å²) in [5, 5.41) is 4.26. The van der Waals surface area contributed by atoms with Crippen LogP contribution >= 0.6 is 7.26 Å². The molecule has 5 rings (SSSR count). The van der Waals surface area contributed by atoms with Gasteiger partial charge in [-0.15, -0.1) is 0 Å². The molecule has 52 heavy (non-hydrogen) atoms. The van der Waals surface area contributed by atoms with Crippen molar-refractivity contribution < 1.29 is 28.4 Å². The largest absolute Gasteiger partial charge is 0.370 e. The Bertz CT molecular complexity index is 1250. The molecule has 0 N–H and O–H groups in total. The molecule has 0 amide bonds. The zero-order valence-electron chi connectivity index (χ0n) is 32.2. The number of benzene rings is 3. The van der Waals surface area contributed by atoms with Crippen LogP contribution in [0.4, 0.5) is 0 Å². The molecule has 286 valence electrons. The van der Waals surface area contributed by atoms with Crippen LogP contribution in [0.25, 0.3) is 0 Å². The van der Waals surface area contributed by atoms with Crippen molar-refractivity contribution in [3.05, 3.63) is 91.0 Å². The lowest BCUT2D eigenvalue weighted by Gasteiger charge is -2.30. The second-order valence-electron chi connectivity index (χ2n) is 14.7. The van der Waals surface area contributed by atoms with Crippen molar-refractivity contribution in [2.24, 2.45) is 0 Å². The first-order valence-electron chi connectivity index (χ1n) is 20.3. The molecule has 0 spiro atoms. The van der Waals surface area contributed by atoms with Gasteiger partial charge in [0.05, 0.1) is 42.8 Å². The minimum absolute atomic E-state index is 0.0265. The molecule has 2 aliphatic heterocycles. The fraction of sp³-hybridized carbons (Fsp3) is 0.600. The summed E-state index contributed by atoms with van der Waals surface area (Å²) in [7, 11) is 1.50. The van der Waals surface area contributed by atoms with Gasteiger partial charge < -0.3 is 28.4 Å². The highest BCUT2D eigenvalue weighted by Gasteiger charge is 2.46. The molecule has 3 aromatic carbocycles. The second kappa shape index (κ2) is 22.9. The van der Waals surface area contributed by atoms with Crippen LogP contribution in [0.15, 0.2) is 91.0 Å². The highest BCUT2D eigenvalue weighted by Crippen LogP contribution is 2.56. The van der Waals surface area contributed by atoms with Crippen LogP contribution in [0.1, 0.15) is 103 Å². The van der Waals surface area contributed by atoms with Crippen molar-refractivity contribution in [2.75, 3.05) is 34.0 Å². The first-order valence-corrected chi connectivity index (χ1v) is 22.2. The minimum Gasteiger partial charge on any atom is -0.370 e. The monoisotopic (exact) mass is 733 g/mol. The van der Waals surface area contributed by atoms with Gasteiger partial charge in [-0.1, -0.05) is 113 Å². The molecule has 6 nitrogen and oxygen atoms in total. The van der Waals surface area contributed by atoms with Gasteiger partial charge in [-0.2, -0.15) is 0 Å². The molecule has 0 radical (unpaired) electrons. The standard InChI is InChI=1S/C45H66O6P/c1-4-5-6-7-8-9-10-20-28-40(48-35-46-2)42-30-32-44(50-42)45-33-31-43(51-45)41(49-36-47-3)29-21-34-52(37-22-14-11-15-23-37,38-24-16-12-17-25-38)39-26-18-13-19-27-39/h11-19,22-27,40-45H,4-10,20-21,28-36H2,1-3H3/q+1/t40-,41-,42-,43-,44-,45-/m1/s1. The predicted octanol–water partition coefficient (Wildman–Crippen LogP) is 9.36. The molecular weight excluding hydrogens is 667 g/mol. The van der Waals surface area contributed by atoms with E-state index < -0.39 is 7.26 Å². The average molecular weight is 734 g/mol. The summed E-state index contributed by atoms with van der Waals surface area (Å²) >= 11 is 0. The summed E-state index contributed by atoms with van der Waals surface area (Å²) in [6.07, 6.45) is 18.8. The summed E-state index contributed by atoms with van der Waals surface area (Å²) in [4.78, 5) is 0. The molecule has 3 aromatic rings. The number of rotatable bonds is 25. The number of unbranched alkanes of at least 4 members (excludes halogenated alkanes) is 7. The maximum absolute atomic E-state index is 6.84. The summed E-state index contributed by atoms with van der Waals surface area (Å²) in [6, 6.07) is 33.4. The quantitative estimate of drug-likeness (QED) is 0.0492. The van der Waals surface area contributed by atoms with E-state index in [1.54, 1.807) is 14.2 Å². The Labute approximate surface area is 315 Å². The van der Waals surface area contributed by atoms with E-state index in [1.807, 2.05) is 0 Å². The smallest absolute Gasteiger partial charge is 0.146 e. The SMILES string of the molecule is CCCCCCCCCC[C@@H](OCOC)[C@H]1CC[C@H]([C@H]2CC[C@H]([C@@H](CCC[P+](c3ccccc3)(c3ccccc3)c3ccccc3)OCOC)O2)O1. The van der Waals surface area contributed by atoms with Gasteiger partial charge in [0.15, 0.2) is 0 Å². The van der Waals surface area contributed by atoms with Crippen LogP contribution in [0.2, 0.25) is 0 Å². The minimum atomic E-state index is -1.91. The van der Waals surface area contributed by atoms with E-state index in [-0.39, 0.29) is 43.4 Å². The van der Waals surface area contributed by atoms with Crippen LogP contribution in [0.5, 0.6) is 0 Å². The number of hydrogen-bond donors (Lipinski definition) is 0. The first kappa shape index (κ1) is 41.0. The summed E-state index contributed by atoms with van der Waals surface area (Å²) in [5.74, 6) is 0. The maximum atomic E-state index is 6.84. The zero-order valence-corrected chi connectivity index (χ0v) is 33.1. The lowest BCUT2D eigenvalue weighted by molar-refractivity contribution is -0.157. The van der Waals surface area contributed by atoms with Gasteiger partial charge in [0.25, 0.3) is 0 Å². The van der Waals surface area contributed by atoms with Crippen LogP contribution in [0.3, 0.4) is 0 Å². The van der Waals surface area contributed by atoms with Gasteiger partial charge in [-0.3, -0.25) is 0 Å². The third-order valence-electron chi connectivity index (χ3n) is 11.1. The molecule has 0 unspecified atom stereocenters. The fourth-order valence-corrected chi connectivity index (χ4v) is 12.8. The molecule has 0 saturated carbocycles. The molecule has 6 atom stereocenters. The molecule has 2 aliphatic rings. The van der Waals surface area contributed by atoms with Crippen molar-refractivity contribution in [1.29, 1.82) is 0 Å². The third-order valence-corrected chi connectivity index (χ3v) is 15.7. The van der Waals surface area contributed by atoms with Crippen LogP contribution in [0, 0.1) is 0 Å². The summed E-state index contributed by atoms with van der Waals surface area (Å²) in [6.45, 7) is 2.86. The Kier molecular flexibility index (Phi) is 18.1. The van der Waals surface area contributed by atoms with E-state index in [9.17, 15) is 0 Å². The van der Waals surface area contributed by atoms with Crippen molar-refractivity contribution >= 4 is 23.2 Å². The van der Waals surface area contributed by atoms with Crippen molar-refractivity contribution in [1.82, 2.24) is 0 Å². The van der Waals surface area contributed by atoms with Gasteiger partial charge in [0.2, 0.25) is 0 Å². The van der Waals surface area contributed by atoms with Crippen LogP contribution in [-0.2, 0) is 28.4 Å². The molecule has 2 saturated heterocycles. The van der Waals surface area contributed by atoms with Crippen molar-refractivity contribution in [3.8, 4) is 0 Å². The Morgan fingerprint density at radius 3 is 1.37 bits per heavy atom. The molecular formula is C45H66O6P+. The lowest BCUT2D eigenvalue weighted by atomic mass is 10.0. The highest BCUT2D eigenvalue weighted by molar-refractivity contribution is 7.95. The number of methoxy groups -OCH3 is 2. The average Bonchev–Trinajstić information content (AvgIpc) is 3.89. The Morgan fingerprint density at radius 1 is 0.538 bits per heavy atom. The first-order chi connectivity index (χ1) is 25.7. The highest BCUT2D eigenvalue weighted by atomic mass is 31.2. The molecule has 2 fully saturated rings. The zero-order chi connectivity index (χ0) is 36.3. The van der Waals surface area contributed by atoms with E-state index in [0.29, 0.717) is 6.79 Å². The van der Waals surface area contributed by atoms with E-state index in [0.717, 1.165) is 51.1 Å². The second-order valence-corrected chi connectivity index (χ2v) is 18.4. The van der Waals surface area contributed by atoms with Crippen molar-refractivity contribution in [3.63, 3.8) is 0 Å². The van der Waals surface area contributed by atoms with Crippen LogP contribution < -0.4 is 15.9 Å². The molecule has 0 aliphatic carbocycles. The summed E-state index contributed by atoms with van der Waals surface area (Å²) < 4.78 is 36.9. The molecule has 7 heteroatoms. The predicted molar refractivity (Wildman–Crippen MR) is 216 cm³/mol. The number of ether oxygens (including phenoxy) is 6. The number of hydrogen-bond acceptors (Lipinski definition) is 6. The fourth-order valence-electron chi connectivity index (χ4n) is 8.43. The van der Waals surface area contributed by atoms with Gasteiger partial charge in [0.1, 0.15) is 36.8 Å². The van der Waals surface area contributed by atoms with Gasteiger partial charge in [0, 0.05) is 14.2 Å². The molecule has 2 heterocycles. The Hall–Kier alpha value is -2.15. The van der Waals surface area contributed by atoms with E-state index in [4.69, 9.17) is 28.4 Å². The van der Waals surface area contributed by atoms with Crippen molar-refractivity contribution in [2.45, 2.75) is 140 Å². The van der Waals surface area contributed by atoms with E-state index in [2.05, 4.69) is 97.9 Å². The Balaban J connectivity index is 1.19. The van der Waals surface area contributed by atoms with Gasteiger partial charge in [-0.05, 0) is 81.3 Å². The summed E-state index contributed by atoms with van der Waals surface area (Å²) in [5.41, 5.74) is 0. The normalized spacial score (nSPS) is 21.8. The van der Waals surface area contributed by atoms with E-state index >= 15 is 0 Å². The van der Waals surface area contributed by atoms with Crippen LogP contribution in [-0.4, -0.2) is 70.6 Å². The van der Waals surface area contributed by atoms with E-state index in [1.165, 1.54) is 67.3 Å². The third kappa shape index (κ3) is 11.7. The van der Waals surface area contributed by atoms with Gasteiger partial charge >= 0.3 is 0 Å². The lowest BCUT2D eigenvalue weighted by Crippen LogP contribution is -2.36. The maximum Gasteiger partial charge on any atom is 0.146 e. The van der Waals surface area contributed by atoms with Gasteiger partial charge in [-0.25, -0.2) is 0 Å². The molecule has 0 bridgehead atoms.